The number of benzene rings is 1. The Bertz CT molecular complexity index is 537. The first kappa shape index (κ1) is 15.1. The van der Waals surface area contributed by atoms with Crippen molar-refractivity contribution >= 4 is 40.3 Å². The Labute approximate surface area is 129 Å². The van der Waals surface area contributed by atoms with Crippen molar-refractivity contribution in [2.75, 3.05) is 13.7 Å². The van der Waals surface area contributed by atoms with Crippen LogP contribution >= 0.6 is 24.0 Å². The van der Waals surface area contributed by atoms with Crippen molar-refractivity contribution in [2.24, 2.45) is 0 Å². The van der Waals surface area contributed by atoms with E-state index in [-0.39, 0.29) is 5.91 Å². The molecule has 1 amide bonds. The van der Waals surface area contributed by atoms with Crippen LogP contribution < -0.4 is 4.74 Å². The number of ether oxygens (including phenoxy) is 1. The van der Waals surface area contributed by atoms with Crippen LogP contribution in [-0.2, 0) is 4.79 Å². The first-order valence-corrected chi connectivity index (χ1v) is 7.78. The molecule has 0 N–H and O–H groups in total. The summed E-state index contributed by atoms with van der Waals surface area (Å²) in [6.07, 6.45) is 4.04. The molecule has 1 fully saturated rings. The van der Waals surface area contributed by atoms with Gasteiger partial charge < -0.3 is 4.74 Å². The molecule has 1 aliphatic heterocycles. The van der Waals surface area contributed by atoms with E-state index in [1.165, 1.54) is 16.7 Å². The lowest BCUT2D eigenvalue weighted by Gasteiger charge is -2.05. The second-order valence-corrected chi connectivity index (χ2v) is 6.19. The van der Waals surface area contributed by atoms with E-state index >= 15 is 0 Å². The fourth-order valence-corrected chi connectivity index (χ4v) is 2.87. The normalized spacial score (nSPS) is 17.1. The summed E-state index contributed by atoms with van der Waals surface area (Å²) >= 11 is 6.43. The number of thiocarbonyl (C=S) groups is 1. The first-order valence-electron chi connectivity index (χ1n) is 6.56. The molecule has 1 saturated heterocycles. The summed E-state index contributed by atoms with van der Waals surface area (Å²) in [7, 11) is 1.70. The van der Waals surface area contributed by atoms with Crippen LogP contribution in [0.1, 0.15) is 25.3 Å². The highest BCUT2D eigenvalue weighted by molar-refractivity contribution is 8.26. The molecular formula is C15H17NO2S2. The SMILES string of the molecule is CCCCOc1ccc(/C=C2\SC(=S)N(C)C2=O)cc1. The van der Waals surface area contributed by atoms with Crippen molar-refractivity contribution in [2.45, 2.75) is 19.8 Å². The number of hydrogen-bond donors (Lipinski definition) is 0. The van der Waals surface area contributed by atoms with Gasteiger partial charge in [0.15, 0.2) is 0 Å². The summed E-state index contributed by atoms with van der Waals surface area (Å²) in [6.45, 7) is 2.88. The molecule has 3 nitrogen and oxygen atoms in total. The number of carbonyl (C=O) groups excluding carboxylic acids is 1. The van der Waals surface area contributed by atoms with Gasteiger partial charge in [0.25, 0.3) is 5.91 Å². The minimum absolute atomic E-state index is 0.0386. The Balaban J connectivity index is 2.04. The summed E-state index contributed by atoms with van der Waals surface area (Å²) in [4.78, 5) is 14.0. The van der Waals surface area contributed by atoms with Crippen molar-refractivity contribution in [1.29, 1.82) is 0 Å². The molecule has 1 heterocycles. The van der Waals surface area contributed by atoms with Crippen LogP contribution in [0.15, 0.2) is 29.2 Å². The molecule has 0 atom stereocenters. The zero-order chi connectivity index (χ0) is 14.5. The number of likely N-dealkylation sites (N-methyl/N-ethyl adjacent to an activating group) is 1. The van der Waals surface area contributed by atoms with Crippen molar-refractivity contribution in [1.82, 2.24) is 4.90 Å². The minimum atomic E-state index is -0.0386. The van der Waals surface area contributed by atoms with Crippen LogP contribution in [0.25, 0.3) is 6.08 Å². The Kier molecular flexibility index (Phi) is 5.20. The lowest BCUT2D eigenvalue weighted by atomic mass is 10.2. The second kappa shape index (κ2) is 6.90. The van der Waals surface area contributed by atoms with E-state index in [9.17, 15) is 4.79 Å². The van der Waals surface area contributed by atoms with Gasteiger partial charge in [-0.15, -0.1) is 0 Å². The molecule has 5 heteroatoms. The topological polar surface area (TPSA) is 29.5 Å². The maximum absolute atomic E-state index is 11.9. The first-order chi connectivity index (χ1) is 9.61. The molecule has 0 unspecified atom stereocenters. The van der Waals surface area contributed by atoms with Gasteiger partial charge in [-0.25, -0.2) is 0 Å². The summed E-state index contributed by atoms with van der Waals surface area (Å²) < 4.78 is 6.20. The van der Waals surface area contributed by atoms with Gasteiger partial charge >= 0.3 is 0 Å². The van der Waals surface area contributed by atoms with Crippen molar-refractivity contribution in [3.05, 3.63) is 34.7 Å². The summed E-state index contributed by atoms with van der Waals surface area (Å²) in [5.41, 5.74) is 0.974. The molecule has 0 aliphatic carbocycles. The summed E-state index contributed by atoms with van der Waals surface area (Å²) in [5, 5.41) is 0. The third-order valence-electron chi connectivity index (χ3n) is 2.93. The highest BCUT2D eigenvalue weighted by Gasteiger charge is 2.28. The molecule has 0 saturated carbocycles. The van der Waals surface area contributed by atoms with E-state index in [2.05, 4.69) is 6.92 Å². The summed E-state index contributed by atoms with van der Waals surface area (Å²) in [5.74, 6) is 0.821. The Morgan fingerprint density at radius 1 is 1.35 bits per heavy atom. The van der Waals surface area contributed by atoms with E-state index in [1.54, 1.807) is 7.05 Å². The third-order valence-corrected chi connectivity index (χ3v) is 4.42. The monoisotopic (exact) mass is 307 g/mol. The molecule has 1 aliphatic rings. The standard InChI is InChI=1S/C15H17NO2S2/c1-3-4-9-18-12-7-5-11(6-8-12)10-13-14(17)16(2)15(19)20-13/h5-8,10H,3-4,9H2,1-2H3/b13-10-. The fraction of sp³-hybridized carbons (Fsp3) is 0.333. The maximum Gasteiger partial charge on any atom is 0.265 e. The molecule has 0 bridgehead atoms. The van der Waals surface area contributed by atoms with Crippen molar-refractivity contribution in [3.63, 3.8) is 0 Å². The number of amides is 1. The predicted octanol–water partition coefficient (Wildman–Crippen LogP) is 3.70. The maximum atomic E-state index is 11.9. The zero-order valence-electron chi connectivity index (χ0n) is 11.6. The van der Waals surface area contributed by atoms with E-state index in [0.29, 0.717) is 9.23 Å². The quantitative estimate of drug-likeness (QED) is 0.471. The summed E-state index contributed by atoms with van der Waals surface area (Å²) in [6, 6.07) is 7.75. The van der Waals surface area contributed by atoms with Gasteiger partial charge in [0.05, 0.1) is 11.5 Å². The Morgan fingerprint density at radius 3 is 2.60 bits per heavy atom. The van der Waals surface area contributed by atoms with Crippen LogP contribution in [0.4, 0.5) is 0 Å². The highest BCUT2D eigenvalue weighted by Crippen LogP contribution is 2.31. The van der Waals surface area contributed by atoms with Gasteiger partial charge in [-0.2, -0.15) is 0 Å². The number of unbranched alkanes of at least 4 members (excludes halogenated alkanes) is 1. The average molecular weight is 307 g/mol. The fourth-order valence-electron chi connectivity index (χ4n) is 1.69. The molecule has 0 spiro atoms. The number of carbonyl (C=O) groups is 1. The predicted molar refractivity (Wildman–Crippen MR) is 87.8 cm³/mol. The van der Waals surface area contributed by atoms with Gasteiger partial charge in [-0.1, -0.05) is 49.5 Å². The second-order valence-electron chi connectivity index (χ2n) is 4.51. The average Bonchev–Trinajstić information content (AvgIpc) is 2.69. The number of rotatable bonds is 5. The van der Waals surface area contributed by atoms with Crippen LogP contribution in [0.2, 0.25) is 0 Å². The zero-order valence-corrected chi connectivity index (χ0v) is 13.2. The molecule has 1 aromatic rings. The Hall–Kier alpha value is -1.33. The molecule has 0 aromatic heterocycles. The van der Waals surface area contributed by atoms with Gasteiger partial charge in [-0.05, 0) is 30.2 Å². The largest absolute Gasteiger partial charge is 0.494 e. The van der Waals surface area contributed by atoms with E-state index < -0.39 is 0 Å². The molecule has 2 rings (SSSR count). The number of thioether (sulfide) groups is 1. The van der Waals surface area contributed by atoms with Gasteiger partial charge in [0, 0.05) is 7.05 Å². The van der Waals surface area contributed by atoms with Crippen LogP contribution in [0.3, 0.4) is 0 Å². The van der Waals surface area contributed by atoms with Gasteiger partial charge in [-0.3, -0.25) is 9.69 Å². The minimum Gasteiger partial charge on any atom is -0.494 e. The lowest BCUT2D eigenvalue weighted by molar-refractivity contribution is -0.121. The van der Waals surface area contributed by atoms with Gasteiger partial charge in [0.1, 0.15) is 10.1 Å². The third kappa shape index (κ3) is 3.61. The smallest absolute Gasteiger partial charge is 0.265 e. The highest BCUT2D eigenvalue weighted by atomic mass is 32.2. The van der Waals surface area contributed by atoms with Crippen LogP contribution in [0, 0.1) is 0 Å². The lowest BCUT2D eigenvalue weighted by Crippen LogP contribution is -2.22. The Morgan fingerprint density at radius 2 is 2.05 bits per heavy atom. The molecule has 1 aromatic carbocycles. The van der Waals surface area contributed by atoms with E-state index in [4.69, 9.17) is 17.0 Å². The number of hydrogen-bond acceptors (Lipinski definition) is 4. The molecule has 0 radical (unpaired) electrons. The van der Waals surface area contributed by atoms with Crippen molar-refractivity contribution in [3.8, 4) is 5.75 Å². The van der Waals surface area contributed by atoms with E-state index in [1.807, 2.05) is 30.3 Å². The van der Waals surface area contributed by atoms with Crippen molar-refractivity contribution < 1.29 is 9.53 Å². The molecule has 106 valence electrons. The van der Waals surface area contributed by atoms with E-state index in [0.717, 1.165) is 30.8 Å². The molecular weight excluding hydrogens is 290 g/mol. The molecule has 20 heavy (non-hydrogen) atoms. The number of nitrogens with zero attached hydrogens (tertiary/aromatic N) is 1. The van der Waals surface area contributed by atoms with Crippen LogP contribution in [-0.4, -0.2) is 28.8 Å². The van der Waals surface area contributed by atoms with Gasteiger partial charge in [0.2, 0.25) is 0 Å². The van der Waals surface area contributed by atoms with Crippen LogP contribution in [0.5, 0.6) is 5.75 Å².